The normalized spacial score (nSPS) is 11.3. The maximum absolute atomic E-state index is 12.0. The van der Waals surface area contributed by atoms with Gasteiger partial charge < -0.3 is 4.57 Å². The Balaban J connectivity index is 1.59. The highest BCUT2D eigenvalue weighted by Crippen LogP contribution is 2.23. The number of carbonyl (C=O) groups is 1. The minimum absolute atomic E-state index is 0.182. The second-order valence-electron chi connectivity index (χ2n) is 5.26. The van der Waals surface area contributed by atoms with E-state index in [0.29, 0.717) is 5.02 Å². The number of rotatable bonds is 6. The van der Waals surface area contributed by atoms with Crippen LogP contribution in [0, 0.1) is 0 Å². The molecule has 128 valence electrons. The first-order valence-electron chi connectivity index (χ1n) is 7.83. The molecule has 0 radical (unpaired) electrons. The van der Waals surface area contributed by atoms with Gasteiger partial charge in [-0.25, -0.2) is 10.4 Å². The summed E-state index contributed by atoms with van der Waals surface area (Å²) in [5.41, 5.74) is 5.36. The second-order valence-corrected chi connectivity index (χ2v) is 6.64. The lowest BCUT2D eigenvalue weighted by molar-refractivity contribution is -0.118. The van der Waals surface area contributed by atoms with Crippen LogP contribution in [0.5, 0.6) is 0 Å². The first-order valence-corrected chi connectivity index (χ1v) is 9.19. The Bertz CT molecular complexity index is 922. The third kappa shape index (κ3) is 4.41. The Hall–Kier alpha value is -2.31. The summed E-state index contributed by atoms with van der Waals surface area (Å²) in [6, 6.07) is 15.2. The number of amides is 1. The van der Waals surface area contributed by atoms with Gasteiger partial charge in [-0.1, -0.05) is 47.6 Å². The van der Waals surface area contributed by atoms with Crippen molar-refractivity contribution < 1.29 is 4.79 Å². The smallest absolute Gasteiger partial charge is 0.250 e. The van der Waals surface area contributed by atoms with Crippen LogP contribution >= 0.6 is 23.4 Å². The fourth-order valence-corrected chi connectivity index (χ4v) is 3.47. The Kier molecular flexibility index (Phi) is 5.73. The molecule has 1 amide bonds. The van der Waals surface area contributed by atoms with Crippen molar-refractivity contribution in [3.05, 3.63) is 59.1 Å². The molecule has 0 atom stereocenters. The van der Waals surface area contributed by atoms with E-state index in [1.165, 1.54) is 11.8 Å². The molecule has 0 bridgehead atoms. The van der Waals surface area contributed by atoms with Crippen molar-refractivity contribution in [2.45, 2.75) is 18.6 Å². The lowest BCUT2D eigenvalue weighted by Crippen LogP contribution is -2.20. The Morgan fingerprint density at radius 1 is 1.32 bits per heavy atom. The zero-order chi connectivity index (χ0) is 17.6. The van der Waals surface area contributed by atoms with E-state index >= 15 is 0 Å². The number of aryl methyl sites for hydroxylation is 1. The van der Waals surface area contributed by atoms with Crippen LogP contribution in [0.3, 0.4) is 0 Å². The molecule has 0 aliphatic rings. The zero-order valence-corrected chi connectivity index (χ0v) is 15.2. The predicted octanol–water partition coefficient (Wildman–Crippen LogP) is 3.95. The number of halogens is 1. The Morgan fingerprint density at radius 3 is 2.96 bits per heavy atom. The number of imidazole rings is 1. The summed E-state index contributed by atoms with van der Waals surface area (Å²) in [6.07, 6.45) is 1.57. The van der Waals surface area contributed by atoms with Crippen molar-refractivity contribution in [1.29, 1.82) is 0 Å². The number of para-hydroxylation sites is 2. The first kappa shape index (κ1) is 17.5. The molecule has 3 aromatic rings. The topological polar surface area (TPSA) is 59.3 Å². The standard InChI is InChI=1S/C18H17ClN4OS/c1-2-23-16-9-4-3-8-15(16)21-18(23)25-12-17(24)22-20-11-13-6-5-7-14(19)10-13/h3-11H,2,12H2,1H3,(H,22,24)/b20-11+. The maximum atomic E-state index is 12.0. The van der Waals surface area contributed by atoms with E-state index in [1.54, 1.807) is 18.3 Å². The van der Waals surface area contributed by atoms with Gasteiger partial charge in [0.1, 0.15) is 0 Å². The largest absolute Gasteiger partial charge is 0.319 e. The number of fused-ring (bicyclic) bond motifs is 1. The molecule has 0 aliphatic carbocycles. The average Bonchev–Trinajstić information content (AvgIpc) is 2.97. The van der Waals surface area contributed by atoms with Crippen molar-refractivity contribution in [2.24, 2.45) is 5.10 Å². The summed E-state index contributed by atoms with van der Waals surface area (Å²) in [6.45, 7) is 2.87. The van der Waals surface area contributed by atoms with Gasteiger partial charge in [0.25, 0.3) is 5.91 Å². The maximum Gasteiger partial charge on any atom is 0.250 e. The molecule has 7 heteroatoms. The molecule has 1 aromatic heterocycles. The fraction of sp³-hybridized carbons (Fsp3) is 0.167. The van der Waals surface area contributed by atoms with Gasteiger partial charge in [0, 0.05) is 11.6 Å². The molecule has 0 aliphatic heterocycles. The van der Waals surface area contributed by atoms with Crippen molar-refractivity contribution >= 4 is 46.5 Å². The van der Waals surface area contributed by atoms with Crippen LogP contribution in [0.25, 0.3) is 11.0 Å². The molecule has 0 spiro atoms. The average molecular weight is 373 g/mol. The third-order valence-electron chi connectivity index (χ3n) is 3.52. The lowest BCUT2D eigenvalue weighted by atomic mass is 10.2. The van der Waals surface area contributed by atoms with Crippen LogP contribution in [0.2, 0.25) is 5.02 Å². The molecule has 1 N–H and O–H groups in total. The molecular formula is C18H17ClN4OS. The third-order valence-corrected chi connectivity index (χ3v) is 4.73. The summed E-state index contributed by atoms with van der Waals surface area (Å²) in [4.78, 5) is 16.6. The van der Waals surface area contributed by atoms with Gasteiger partial charge >= 0.3 is 0 Å². The number of thioether (sulfide) groups is 1. The summed E-state index contributed by atoms with van der Waals surface area (Å²) in [7, 11) is 0. The van der Waals surface area contributed by atoms with E-state index < -0.39 is 0 Å². The van der Waals surface area contributed by atoms with Gasteiger partial charge in [0.2, 0.25) is 0 Å². The van der Waals surface area contributed by atoms with Crippen molar-refractivity contribution in [1.82, 2.24) is 15.0 Å². The van der Waals surface area contributed by atoms with Gasteiger partial charge in [-0.3, -0.25) is 4.79 Å². The highest BCUT2D eigenvalue weighted by Gasteiger charge is 2.11. The lowest BCUT2D eigenvalue weighted by Gasteiger charge is -2.04. The summed E-state index contributed by atoms with van der Waals surface area (Å²) in [5.74, 6) is 0.0638. The van der Waals surface area contributed by atoms with Gasteiger partial charge in [-0.2, -0.15) is 5.10 Å². The minimum Gasteiger partial charge on any atom is -0.319 e. The number of nitrogens with zero attached hydrogens (tertiary/aromatic N) is 3. The van der Waals surface area contributed by atoms with Gasteiger partial charge in [0.15, 0.2) is 5.16 Å². The quantitative estimate of drug-likeness (QED) is 0.405. The summed E-state index contributed by atoms with van der Waals surface area (Å²) >= 11 is 7.30. The fourth-order valence-electron chi connectivity index (χ4n) is 2.40. The highest BCUT2D eigenvalue weighted by atomic mass is 35.5. The molecule has 0 unspecified atom stereocenters. The van der Waals surface area contributed by atoms with Crippen molar-refractivity contribution in [3.63, 3.8) is 0 Å². The van der Waals surface area contributed by atoms with Gasteiger partial charge in [-0.15, -0.1) is 0 Å². The minimum atomic E-state index is -0.182. The number of hydrazone groups is 1. The monoisotopic (exact) mass is 372 g/mol. The van der Waals surface area contributed by atoms with Crippen LogP contribution in [-0.4, -0.2) is 27.4 Å². The van der Waals surface area contributed by atoms with Crippen LogP contribution < -0.4 is 5.43 Å². The highest BCUT2D eigenvalue weighted by molar-refractivity contribution is 7.99. The van der Waals surface area contributed by atoms with Crippen molar-refractivity contribution in [3.8, 4) is 0 Å². The van der Waals surface area contributed by atoms with E-state index in [-0.39, 0.29) is 11.7 Å². The van der Waals surface area contributed by atoms with E-state index in [4.69, 9.17) is 11.6 Å². The summed E-state index contributed by atoms with van der Waals surface area (Å²) in [5, 5.41) is 5.42. The number of aromatic nitrogens is 2. The molecule has 2 aromatic carbocycles. The first-order chi connectivity index (χ1) is 12.2. The summed E-state index contributed by atoms with van der Waals surface area (Å²) < 4.78 is 2.10. The number of hydrogen-bond acceptors (Lipinski definition) is 4. The van der Waals surface area contributed by atoms with E-state index in [0.717, 1.165) is 28.3 Å². The van der Waals surface area contributed by atoms with Gasteiger partial charge in [-0.05, 0) is 36.8 Å². The molecular weight excluding hydrogens is 356 g/mol. The molecule has 1 heterocycles. The molecule has 25 heavy (non-hydrogen) atoms. The van der Waals surface area contributed by atoms with E-state index in [9.17, 15) is 4.79 Å². The molecule has 5 nitrogen and oxygen atoms in total. The number of carbonyl (C=O) groups excluding carboxylic acids is 1. The molecule has 0 saturated heterocycles. The SMILES string of the molecule is CCn1c(SCC(=O)N/N=C/c2cccc(Cl)c2)nc2ccccc21. The second kappa shape index (κ2) is 8.18. The van der Waals surface area contributed by atoms with Crippen LogP contribution in [0.15, 0.2) is 58.8 Å². The van der Waals surface area contributed by atoms with Crippen LogP contribution in [0.4, 0.5) is 0 Å². The van der Waals surface area contributed by atoms with Crippen LogP contribution in [-0.2, 0) is 11.3 Å². The molecule has 3 rings (SSSR count). The molecule has 0 fully saturated rings. The number of nitrogens with one attached hydrogen (secondary N) is 1. The van der Waals surface area contributed by atoms with Gasteiger partial charge in [0.05, 0.1) is 23.0 Å². The number of benzene rings is 2. The van der Waals surface area contributed by atoms with E-state index in [1.807, 2.05) is 36.4 Å². The Morgan fingerprint density at radius 2 is 2.16 bits per heavy atom. The van der Waals surface area contributed by atoms with E-state index in [2.05, 4.69) is 27.0 Å². The predicted molar refractivity (Wildman–Crippen MR) is 103 cm³/mol. The molecule has 0 saturated carbocycles. The zero-order valence-electron chi connectivity index (χ0n) is 13.6. The van der Waals surface area contributed by atoms with Crippen molar-refractivity contribution in [2.75, 3.05) is 5.75 Å². The number of hydrogen-bond donors (Lipinski definition) is 1. The Labute approximate surface area is 155 Å². The van der Waals surface area contributed by atoms with Crippen LogP contribution in [0.1, 0.15) is 12.5 Å².